The summed E-state index contributed by atoms with van der Waals surface area (Å²) in [6.07, 6.45) is 0.536. The number of hydrogen-bond acceptors (Lipinski definition) is 3. The lowest BCUT2D eigenvalue weighted by Crippen LogP contribution is -2.31. The molecule has 1 atom stereocenters. The van der Waals surface area contributed by atoms with Gasteiger partial charge in [-0.3, -0.25) is 0 Å². The predicted octanol–water partition coefficient (Wildman–Crippen LogP) is 4.25. The van der Waals surface area contributed by atoms with E-state index in [0.717, 1.165) is 36.4 Å². The molecule has 24 heavy (non-hydrogen) atoms. The zero-order valence-electron chi connectivity index (χ0n) is 15.2. The third kappa shape index (κ3) is 5.36. The molecule has 0 aliphatic carbocycles. The minimum atomic E-state index is -0.262. The molecule has 2 aromatic carbocycles. The van der Waals surface area contributed by atoms with E-state index in [1.165, 1.54) is 5.56 Å². The first-order valence-electron chi connectivity index (χ1n) is 8.52. The molecule has 0 fully saturated rings. The molecule has 0 spiro atoms. The summed E-state index contributed by atoms with van der Waals surface area (Å²) in [5.74, 6) is 0.892. The monoisotopic (exact) mass is 327 g/mol. The molecule has 3 nitrogen and oxygen atoms in total. The van der Waals surface area contributed by atoms with Crippen molar-refractivity contribution in [1.82, 2.24) is 5.32 Å². The van der Waals surface area contributed by atoms with Gasteiger partial charge in [-0.15, -0.1) is 0 Å². The summed E-state index contributed by atoms with van der Waals surface area (Å²) < 4.78 is 5.43. The topological polar surface area (TPSA) is 41.5 Å². The number of ether oxygens (including phenoxy) is 1. The highest BCUT2D eigenvalue weighted by molar-refractivity contribution is 5.70. The van der Waals surface area contributed by atoms with E-state index in [1.807, 2.05) is 25.1 Å². The Labute approximate surface area is 145 Å². The molecule has 2 rings (SSSR count). The van der Waals surface area contributed by atoms with Gasteiger partial charge >= 0.3 is 0 Å². The molecule has 2 aromatic rings. The quantitative estimate of drug-likeness (QED) is 0.761. The number of methoxy groups -OCH3 is 1. The van der Waals surface area contributed by atoms with Crippen LogP contribution in [0.5, 0.6) is 5.75 Å². The summed E-state index contributed by atoms with van der Waals surface area (Å²) in [4.78, 5) is 0. The normalized spacial score (nSPS) is 12.9. The van der Waals surface area contributed by atoms with Crippen LogP contribution in [0, 0.1) is 5.41 Å². The molecule has 0 amide bonds. The van der Waals surface area contributed by atoms with Crippen molar-refractivity contribution in [3.8, 4) is 16.9 Å². The van der Waals surface area contributed by atoms with Crippen molar-refractivity contribution < 1.29 is 9.84 Å². The minimum absolute atomic E-state index is 0.0888. The molecule has 0 saturated heterocycles. The Kier molecular flexibility index (Phi) is 6.41. The molecular weight excluding hydrogens is 298 g/mol. The van der Waals surface area contributed by atoms with Crippen molar-refractivity contribution in [1.29, 1.82) is 0 Å². The Morgan fingerprint density at radius 3 is 2.38 bits per heavy atom. The molecular formula is C21H29NO2. The van der Waals surface area contributed by atoms with E-state index in [4.69, 9.17) is 4.74 Å². The Hall–Kier alpha value is -1.84. The second-order valence-corrected chi connectivity index (χ2v) is 7.22. The number of benzene rings is 2. The number of para-hydroxylation sites is 1. The van der Waals surface area contributed by atoms with Gasteiger partial charge in [-0.1, -0.05) is 56.3 Å². The third-order valence-electron chi connectivity index (χ3n) is 4.15. The largest absolute Gasteiger partial charge is 0.496 e. The summed E-state index contributed by atoms with van der Waals surface area (Å²) in [6, 6.07) is 16.6. The van der Waals surface area contributed by atoms with E-state index >= 15 is 0 Å². The average molecular weight is 327 g/mol. The third-order valence-corrected chi connectivity index (χ3v) is 4.15. The lowest BCUT2D eigenvalue weighted by Gasteiger charge is -2.26. The van der Waals surface area contributed by atoms with Gasteiger partial charge in [0.25, 0.3) is 0 Å². The lowest BCUT2D eigenvalue weighted by molar-refractivity contribution is 0.128. The summed E-state index contributed by atoms with van der Waals surface area (Å²) in [5, 5.41) is 13.0. The summed E-state index contributed by atoms with van der Waals surface area (Å²) in [7, 11) is 1.70. The van der Waals surface area contributed by atoms with Crippen molar-refractivity contribution >= 4 is 0 Å². The maximum Gasteiger partial charge on any atom is 0.126 e. The molecule has 0 heterocycles. The number of hydrogen-bond donors (Lipinski definition) is 2. The van der Waals surface area contributed by atoms with Crippen LogP contribution in [0.3, 0.4) is 0 Å². The fraction of sp³-hybridized carbons (Fsp3) is 0.429. The molecule has 0 bridgehead atoms. The SMILES string of the molecule is COc1ccccc1-c1ccc(CNCC(C)(C)CC(C)O)cc1. The van der Waals surface area contributed by atoms with Gasteiger partial charge in [0.2, 0.25) is 0 Å². The second-order valence-electron chi connectivity index (χ2n) is 7.22. The fourth-order valence-electron chi connectivity index (χ4n) is 3.10. The van der Waals surface area contributed by atoms with Gasteiger partial charge in [0.05, 0.1) is 13.2 Å². The van der Waals surface area contributed by atoms with Crippen LogP contribution < -0.4 is 10.1 Å². The lowest BCUT2D eigenvalue weighted by atomic mass is 9.87. The van der Waals surface area contributed by atoms with Crippen molar-refractivity contribution in [3.63, 3.8) is 0 Å². The molecule has 1 unspecified atom stereocenters. The minimum Gasteiger partial charge on any atom is -0.496 e. The van der Waals surface area contributed by atoms with Gasteiger partial charge in [0.1, 0.15) is 5.75 Å². The zero-order chi connectivity index (χ0) is 17.6. The Bertz CT molecular complexity index is 633. The zero-order valence-corrected chi connectivity index (χ0v) is 15.2. The average Bonchev–Trinajstić information content (AvgIpc) is 2.54. The standard InChI is InChI=1S/C21H29NO2/c1-16(23)13-21(2,3)15-22-14-17-9-11-18(12-10-17)19-7-5-6-8-20(19)24-4/h5-12,16,22-23H,13-15H2,1-4H3. The molecule has 0 radical (unpaired) electrons. The van der Waals surface area contributed by atoms with Crippen molar-refractivity contribution in [2.24, 2.45) is 5.41 Å². The van der Waals surface area contributed by atoms with Crippen LogP contribution in [0.4, 0.5) is 0 Å². The summed E-state index contributed by atoms with van der Waals surface area (Å²) in [6.45, 7) is 7.91. The fourth-order valence-corrected chi connectivity index (χ4v) is 3.10. The van der Waals surface area contributed by atoms with Crippen LogP contribution in [-0.4, -0.2) is 24.9 Å². The van der Waals surface area contributed by atoms with Gasteiger partial charge < -0.3 is 15.2 Å². The van der Waals surface area contributed by atoms with Crippen molar-refractivity contribution in [2.75, 3.05) is 13.7 Å². The number of nitrogens with one attached hydrogen (secondary N) is 1. The highest BCUT2D eigenvalue weighted by Crippen LogP contribution is 2.29. The first-order valence-corrected chi connectivity index (χ1v) is 8.52. The first-order chi connectivity index (χ1) is 11.4. The maximum absolute atomic E-state index is 9.55. The summed E-state index contributed by atoms with van der Waals surface area (Å²) in [5.41, 5.74) is 3.61. The molecule has 3 heteroatoms. The molecule has 0 aromatic heterocycles. The van der Waals surface area contributed by atoms with E-state index in [1.54, 1.807) is 7.11 Å². The number of aliphatic hydroxyl groups is 1. The van der Waals surface area contributed by atoms with Crippen molar-refractivity contribution in [3.05, 3.63) is 54.1 Å². The second kappa shape index (κ2) is 8.32. The first kappa shape index (κ1) is 18.5. The van der Waals surface area contributed by atoms with Gasteiger partial charge in [0, 0.05) is 18.7 Å². The highest BCUT2D eigenvalue weighted by Gasteiger charge is 2.19. The predicted molar refractivity (Wildman–Crippen MR) is 100 cm³/mol. The van der Waals surface area contributed by atoms with Crippen LogP contribution in [0.25, 0.3) is 11.1 Å². The number of aliphatic hydroxyl groups excluding tert-OH is 1. The molecule has 2 N–H and O–H groups in total. The maximum atomic E-state index is 9.55. The Balaban J connectivity index is 1.95. The van der Waals surface area contributed by atoms with Crippen LogP contribution >= 0.6 is 0 Å². The van der Waals surface area contributed by atoms with E-state index in [9.17, 15) is 5.11 Å². The van der Waals surface area contributed by atoms with Crippen molar-refractivity contribution in [2.45, 2.75) is 39.8 Å². The van der Waals surface area contributed by atoms with Crippen LogP contribution in [0.15, 0.2) is 48.5 Å². The van der Waals surface area contributed by atoms with E-state index in [2.05, 4.69) is 49.5 Å². The Morgan fingerprint density at radius 1 is 1.08 bits per heavy atom. The molecule has 0 aliphatic heterocycles. The van der Waals surface area contributed by atoms with Gasteiger partial charge in [-0.05, 0) is 36.0 Å². The Morgan fingerprint density at radius 2 is 1.75 bits per heavy atom. The molecule has 0 saturated carbocycles. The van der Waals surface area contributed by atoms with Gasteiger partial charge in [0.15, 0.2) is 0 Å². The van der Waals surface area contributed by atoms with Crippen LogP contribution in [0.1, 0.15) is 32.8 Å². The highest BCUT2D eigenvalue weighted by atomic mass is 16.5. The van der Waals surface area contributed by atoms with E-state index < -0.39 is 0 Å². The van der Waals surface area contributed by atoms with Gasteiger partial charge in [-0.25, -0.2) is 0 Å². The summed E-state index contributed by atoms with van der Waals surface area (Å²) >= 11 is 0. The molecule has 130 valence electrons. The van der Waals surface area contributed by atoms with Crippen LogP contribution in [0.2, 0.25) is 0 Å². The van der Waals surface area contributed by atoms with Gasteiger partial charge in [-0.2, -0.15) is 0 Å². The number of rotatable bonds is 8. The van der Waals surface area contributed by atoms with E-state index in [-0.39, 0.29) is 11.5 Å². The smallest absolute Gasteiger partial charge is 0.126 e. The van der Waals surface area contributed by atoms with Crippen LogP contribution in [-0.2, 0) is 6.54 Å². The van der Waals surface area contributed by atoms with E-state index in [0.29, 0.717) is 0 Å². The molecule has 0 aliphatic rings.